The second-order valence-corrected chi connectivity index (χ2v) is 5.74. The summed E-state index contributed by atoms with van der Waals surface area (Å²) < 4.78 is 37.9. The molecule has 0 unspecified atom stereocenters. The van der Waals surface area contributed by atoms with Gasteiger partial charge in [-0.1, -0.05) is 35.3 Å². The Labute approximate surface area is 155 Å². The minimum atomic E-state index is -4.56. The average Bonchev–Trinajstić information content (AvgIpc) is 2.56. The summed E-state index contributed by atoms with van der Waals surface area (Å²) in [5.41, 5.74) is 1.25. The number of rotatable bonds is 3. The zero-order valence-electron chi connectivity index (χ0n) is 12.8. The highest BCUT2D eigenvalue weighted by Crippen LogP contribution is 2.30. The molecule has 0 bridgehead atoms. The Kier molecular flexibility index (Phi) is 6.23. The van der Waals surface area contributed by atoms with Gasteiger partial charge in [0.05, 0.1) is 16.8 Å². The predicted molar refractivity (Wildman–Crippen MR) is 92.3 cm³/mol. The van der Waals surface area contributed by atoms with Crippen molar-refractivity contribution >= 4 is 46.9 Å². The zero-order chi connectivity index (χ0) is 19.3. The maximum absolute atomic E-state index is 12.6. The molecule has 0 aromatic heterocycles. The number of anilines is 1. The third-order valence-electron chi connectivity index (χ3n) is 2.99. The Hall–Kier alpha value is -2.58. The van der Waals surface area contributed by atoms with Crippen molar-refractivity contribution in [3.05, 3.63) is 63.6 Å². The molecule has 0 saturated heterocycles. The molecule has 0 aliphatic carbocycles. The number of hydrogen-bond acceptors (Lipinski definition) is 3. The fourth-order valence-electron chi connectivity index (χ4n) is 1.78. The van der Waals surface area contributed by atoms with E-state index in [0.29, 0.717) is 16.7 Å². The Bertz CT molecular complexity index is 870. The van der Waals surface area contributed by atoms with Crippen LogP contribution in [-0.2, 0) is 15.8 Å². The number of hydrazone groups is 1. The van der Waals surface area contributed by atoms with E-state index in [1.54, 1.807) is 12.1 Å². The van der Waals surface area contributed by atoms with Crippen molar-refractivity contribution in [2.45, 2.75) is 6.18 Å². The van der Waals surface area contributed by atoms with Crippen LogP contribution in [0.2, 0.25) is 10.0 Å². The van der Waals surface area contributed by atoms with Crippen molar-refractivity contribution in [3.63, 3.8) is 0 Å². The molecule has 0 saturated carbocycles. The van der Waals surface area contributed by atoms with E-state index >= 15 is 0 Å². The molecule has 0 atom stereocenters. The molecule has 0 heterocycles. The lowest BCUT2D eigenvalue weighted by Gasteiger charge is -2.09. The molecule has 2 N–H and O–H groups in total. The minimum absolute atomic E-state index is 0.176. The Morgan fingerprint density at radius 2 is 1.77 bits per heavy atom. The third kappa shape index (κ3) is 5.47. The van der Waals surface area contributed by atoms with Gasteiger partial charge in [-0.3, -0.25) is 9.59 Å². The summed E-state index contributed by atoms with van der Waals surface area (Å²) >= 11 is 11.6. The van der Waals surface area contributed by atoms with Crippen LogP contribution in [0.25, 0.3) is 0 Å². The molecular weight excluding hydrogens is 394 g/mol. The first kappa shape index (κ1) is 19.7. The molecule has 0 aliphatic heterocycles. The molecule has 2 aromatic carbocycles. The number of carbonyl (C=O) groups excluding carboxylic acids is 2. The molecule has 10 heteroatoms. The molecule has 136 valence electrons. The summed E-state index contributed by atoms with van der Waals surface area (Å²) in [6.07, 6.45) is -3.38. The average molecular weight is 404 g/mol. The van der Waals surface area contributed by atoms with E-state index in [9.17, 15) is 22.8 Å². The molecule has 0 radical (unpaired) electrons. The maximum Gasteiger partial charge on any atom is 0.416 e. The van der Waals surface area contributed by atoms with E-state index in [-0.39, 0.29) is 10.7 Å². The monoisotopic (exact) mass is 403 g/mol. The largest absolute Gasteiger partial charge is 0.416 e. The van der Waals surface area contributed by atoms with Crippen molar-refractivity contribution < 1.29 is 22.8 Å². The van der Waals surface area contributed by atoms with E-state index in [0.717, 1.165) is 12.1 Å². The van der Waals surface area contributed by atoms with E-state index in [1.165, 1.54) is 18.3 Å². The zero-order valence-corrected chi connectivity index (χ0v) is 14.3. The maximum atomic E-state index is 12.6. The van der Waals surface area contributed by atoms with Crippen LogP contribution in [0.3, 0.4) is 0 Å². The van der Waals surface area contributed by atoms with Crippen molar-refractivity contribution in [2.75, 3.05) is 5.32 Å². The highest BCUT2D eigenvalue weighted by Gasteiger charge is 2.30. The van der Waals surface area contributed by atoms with Crippen LogP contribution in [0.4, 0.5) is 18.9 Å². The van der Waals surface area contributed by atoms with Crippen LogP contribution >= 0.6 is 23.2 Å². The second-order valence-electron chi connectivity index (χ2n) is 4.90. The topological polar surface area (TPSA) is 70.6 Å². The lowest BCUT2D eigenvalue weighted by Crippen LogP contribution is -2.32. The van der Waals surface area contributed by atoms with Gasteiger partial charge in [-0.2, -0.15) is 18.3 Å². The number of alkyl halides is 3. The highest BCUT2D eigenvalue weighted by molar-refractivity contribution is 6.39. The number of nitrogens with zero attached hydrogens (tertiary/aromatic N) is 1. The van der Waals surface area contributed by atoms with Crippen LogP contribution in [0, 0.1) is 0 Å². The number of carbonyl (C=O) groups is 2. The molecule has 0 fully saturated rings. The summed E-state index contributed by atoms with van der Waals surface area (Å²) in [5.74, 6) is -2.34. The Morgan fingerprint density at radius 3 is 2.42 bits per heavy atom. The minimum Gasteiger partial charge on any atom is -0.318 e. The molecule has 26 heavy (non-hydrogen) atoms. The van der Waals surface area contributed by atoms with Gasteiger partial charge in [0.15, 0.2) is 0 Å². The highest BCUT2D eigenvalue weighted by atomic mass is 35.5. The van der Waals surface area contributed by atoms with Gasteiger partial charge in [0.2, 0.25) is 0 Å². The van der Waals surface area contributed by atoms with Gasteiger partial charge < -0.3 is 5.32 Å². The quantitative estimate of drug-likeness (QED) is 0.460. The molecule has 0 spiro atoms. The smallest absolute Gasteiger partial charge is 0.318 e. The van der Waals surface area contributed by atoms with Gasteiger partial charge in [0, 0.05) is 16.3 Å². The van der Waals surface area contributed by atoms with E-state index in [4.69, 9.17) is 23.2 Å². The first-order valence-corrected chi connectivity index (χ1v) is 7.69. The van der Waals surface area contributed by atoms with Gasteiger partial charge >= 0.3 is 18.0 Å². The molecular formula is C16H10Cl2F3N3O2. The number of benzene rings is 2. The fraction of sp³-hybridized carbons (Fsp3) is 0.0625. The van der Waals surface area contributed by atoms with Crippen molar-refractivity contribution in [2.24, 2.45) is 5.10 Å². The standard InChI is InChI=1S/C16H10Cl2F3N3O2/c17-11-5-4-9(13(18)7-11)8-22-24-15(26)14(25)23-12-3-1-2-10(6-12)16(19,20)21/h1-8H,(H,23,25)(H,24,26). The lowest BCUT2D eigenvalue weighted by atomic mass is 10.2. The van der Waals surface area contributed by atoms with Crippen LogP contribution in [0.15, 0.2) is 47.6 Å². The third-order valence-corrected chi connectivity index (χ3v) is 3.55. The van der Waals surface area contributed by atoms with Gasteiger partial charge in [0.1, 0.15) is 0 Å². The molecule has 5 nitrogen and oxygen atoms in total. The van der Waals surface area contributed by atoms with Gasteiger partial charge in [-0.15, -0.1) is 0 Å². The molecule has 2 rings (SSSR count). The van der Waals surface area contributed by atoms with E-state index in [1.807, 2.05) is 5.43 Å². The predicted octanol–water partition coefficient (Wildman–Crippen LogP) is 4.10. The lowest BCUT2D eigenvalue weighted by molar-refractivity contribution is -0.137. The van der Waals surface area contributed by atoms with Gasteiger partial charge in [0.25, 0.3) is 0 Å². The first-order valence-electron chi connectivity index (χ1n) is 6.93. The Balaban J connectivity index is 1.98. The Morgan fingerprint density at radius 1 is 1.04 bits per heavy atom. The van der Waals surface area contributed by atoms with Crippen molar-refractivity contribution in [3.8, 4) is 0 Å². The summed E-state index contributed by atoms with van der Waals surface area (Å²) in [6.45, 7) is 0. The van der Waals surface area contributed by atoms with Crippen LogP contribution in [0.5, 0.6) is 0 Å². The summed E-state index contributed by atoms with van der Waals surface area (Å²) in [5, 5.41) is 6.31. The molecule has 2 aromatic rings. The molecule has 0 aliphatic rings. The van der Waals surface area contributed by atoms with Crippen LogP contribution in [-0.4, -0.2) is 18.0 Å². The van der Waals surface area contributed by atoms with E-state index in [2.05, 4.69) is 10.4 Å². The number of halogens is 5. The second kappa shape index (κ2) is 8.20. The van der Waals surface area contributed by atoms with E-state index < -0.39 is 23.6 Å². The van der Waals surface area contributed by atoms with Crippen LogP contribution < -0.4 is 10.7 Å². The SMILES string of the molecule is O=C(NN=Cc1ccc(Cl)cc1Cl)C(=O)Nc1cccc(C(F)(F)F)c1. The fourth-order valence-corrected chi connectivity index (χ4v) is 2.24. The first-order chi connectivity index (χ1) is 12.2. The normalized spacial score (nSPS) is 11.4. The summed E-state index contributed by atoms with van der Waals surface area (Å²) in [4.78, 5) is 23.4. The number of amides is 2. The number of nitrogens with one attached hydrogen (secondary N) is 2. The van der Waals surface area contributed by atoms with Gasteiger partial charge in [-0.05, 0) is 30.3 Å². The number of hydrogen-bond donors (Lipinski definition) is 2. The summed E-state index contributed by atoms with van der Waals surface area (Å²) in [6, 6.07) is 8.44. The summed E-state index contributed by atoms with van der Waals surface area (Å²) in [7, 11) is 0. The van der Waals surface area contributed by atoms with Crippen molar-refractivity contribution in [1.82, 2.24) is 5.43 Å². The van der Waals surface area contributed by atoms with Gasteiger partial charge in [-0.25, -0.2) is 5.43 Å². The molecule has 2 amide bonds. The van der Waals surface area contributed by atoms with Crippen LogP contribution in [0.1, 0.15) is 11.1 Å². The van der Waals surface area contributed by atoms with Crippen molar-refractivity contribution in [1.29, 1.82) is 0 Å².